The first-order valence-corrected chi connectivity index (χ1v) is 4.65. The van der Waals surface area contributed by atoms with Gasteiger partial charge in [0.05, 0.1) is 11.2 Å². The molecule has 0 saturated carbocycles. The molecule has 0 radical (unpaired) electrons. The molecule has 0 aromatic heterocycles. The molecule has 0 amide bonds. The smallest absolute Gasteiger partial charge is 0.200 e. The molecule has 3 unspecified atom stereocenters. The summed E-state index contributed by atoms with van der Waals surface area (Å²) in [6.07, 6.45) is 0.666. The monoisotopic (exact) mass is 186 g/mol. The Kier molecular flexibility index (Phi) is 2.67. The number of Topliss-reactive ketones (excluding diaryl/α,β-unsaturated/α-hetero) is 1. The van der Waals surface area contributed by atoms with Crippen LogP contribution in [-0.4, -0.2) is 22.4 Å². The van der Waals surface area contributed by atoms with Crippen LogP contribution < -0.4 is 0 Å². The average Bonchev–Trinajstić information content (AvgIpc) is 2.26. The van der Waals surface area contributed by atoms with Gasteiger partial charge in [-0.15, -0.1) is 0 Å². The van der Waals surface area contributed by atoms with Crippen molar-refractivity contribution >= 4 is 28.9 Å². The van der Waals surface area contributed by atoms with Crippen LogP contribution in [0.5, 0.6) is 0 Å². The highest BCUT2D eigenvalue weighted by molar-refractivity contribution is 8.15. The van der Waals surface area contributed by atoms with Crippen molar-refractivity contribution in [1.82, 2.24) is 0 Å². The van der Waals surface area contributed by atoms with Gasteiger partial charge >= 0.3 is 0 Å². The lowest BCUT2D eigenvalue weighted by atomic mass is 9.91. The van der Waals surface area contributed by atoms with E-state index in [9.17, 15) is 14.4 Å². The fourth-order valence-electron chi connectivity index (χ4n) is 1.23. The predicted molar refractivity (Wildman–Crippen MR) is 45.8 cm³/mol. The predicted octanol–water partition coefficient (Wildman–Crippen LogP) is 0.669. The third-order valence-corrected chi connectivity index (χ3v) is 3.07. The third-order valence-electron chi connectivity index (χ3n) is 1.99. The summed E-state index contributed by atoms with van der Waals surface area (Å²) in [6.45, 7) is 3.30. The SMILES string of the molecule is CC1SC(=O)C(C(C)C=O)C1=O. The molecule has 1 saturated heterocycles. The lowest BCUT2D eigenvalue weighted by molar-refractivity contribution is -0.131. The first-order valence-electron chi connectivity index (χ1n) is 3.77. The first kappa shape index (κ1) is 9.45. The van der Waals surface area contributed by atoms with E-state index >= 15 is 0 Å². The highest BCUT2D eigenvalue weighted by Crippen LogP contribution is 2.33. The minimum absolute atomic E-state index is 0.107. The molecule has 3 atom stereocenters. The summed E-state index contributed by atoms with van der Waals surface area (Å²) in [5.74, 6) is -1.27. The summed E-state index contributed by atoms with van der Waals surface area (Å²) < 4.78 is 0. The number of carbonyl (C=O) groups excluding carboxylic acids is 3. The molecule has 1 aliphatic rings. The van der Waals surface area contributed by atoms with E-state index < -0.39 is 11.8 Å². The van der Waals surface area contributed by atoms with E-state index in [2.05, 4.69) is 0 Å². The topological polar surface area (TPSA) is 51.2 Å². The van der Waals surface area contributed by atoms with Crippen molar-refractivity contribution in [3.05, 3.63) is 0 Å². The summed E-state index contributed by atoms with van der Waals surface area (Å²) in [7, 11) is 0. The van der Waals surface area contributed by atoms with Crippen molar-refractivity contribution in [3.8, 4) is 0 Å². The maximum atomic E-state index is 11.3. The summed E-state index contributed by atoms with van der Waals surface area (Å²) in [5, 5.41) is -0.433. The van der Waals surface area contributed by atoms with E-state index in [0.29, 0.717) is 6.29 Å². The van der Waals surface area contributed by atoms with Crippen molar-refractivity contribution in [2.45, 2.75) is 19.1 Å². The summed E-state index contributed by atoms with van der Waals surface area (Å²) in [6, 6.07) is 0. The number of ketones is 1. The fraction of sp³-hybridized carbons (Fsp3) is 0.625. The summed E-state index contributed by atoms with van der Waals surface area (Å²) >= 11 is 1.03. The molecule has 0 spiro atoms. The normalized spacial score (nSPS) is 32.2. The Hall–Kier alpha value is -0.640. The Morgan fingerprint density at radius 1 is 1.50 bits per heavy atom. The van der Waals surface area contributed by atoms with Crippen LogP contribution in [0.2, 0.25) is 0 Å². The molecule has 1 rings (SSSR count). The lowest BCUT2D eigenvalue weighted by Crippen LogP contribution is -2.25. The Labute approximate surface area is 74.9 Å². The van der Waals surface area contributed by atoms with E-state index in [1.807, 2.05) is 0 Å². The van der Waals surface area contributed by atoms with Gasteiger partial charge in [-0.1, -0.05) is 18.7 Å². The van der Waals surface area contributed by atoms with E-state index in [-0.39, 0.29) is 16.1 Å². The van der Waals surface area contributed by atoms with Gasteiger partial charge in [-0.3, -0.25) is 9.59 Å². The van der Waals surface area contributed by atoms with Crippen LogP contribution in [0.4, 0.5) is 0 Å². The number of hydrogen-bond acceptors (Lipinski definition) is 4. The zero-order valence-corrected chi connectivity index (χ0v) is 7.76. The second-order valence-corrected chi connectivity index (χ2v) is 4.30. The van der Waals surface area contributed by atoms with E-state index in [0.717, 1.165) is 11.8 Å². The zero-order chi connectivity index (χ0) is 9.30. The molecular weight excluding hydrogens is 176 g/mol. The van der Waals surface area contributed by atoms with Crippen LogP contribution in [0.1, 0.15) is 13.8 Å². The van der Waals surface area contributed by atoms with Crippen LogP contribution in [-0.2, 0) is 14.4 Å². The molecule has 66 valence electrons. The molecule has 3 nitrogen and oxygen atoms in total. The summed E-state index contributed by atoms with van der Waals surface area (Å²) in [5.41, 5.74) is 0. The van der Waals surface area contributed by atoms with Crippen molar-refractivity contribution in [1.29, 1.82) is 0 Å². The molecule has 1 fully saturated rings. The molecule has 4 heteroatoms. The Morgan fingerprint density at radius 2 is 2.08 bits per heavy atom. The largest absolute Gasteiger partial charge is 0.303 e. The molecule has 0 bridgehead atoms. The second kappa shape index (κ2) is 3.39. The number of carbonyl (C=O) groups is 3. The van der Waals surface area contributed by atoms with E-state index in [1.54, 1.807) is 13.8 Å². The molecule has 1 aliphatic heterocycles. The molecule has 12 heavy (non-hydrogen) atoms. The van der Waals surface area contributed by atoms with Crippen molar-refractivity contribution in [2.75, 3.05) is 0 Å². The van der Waals surface area contributed by atoms with Crippen molar-refractivity contribution < 1.29 is 14.4 Å². The van der Waals surface area contributed by atoms with Crippen LogP contribution in [0.3, 0.4) is 0 Å². The van der Waals surface area contributed by atoms with Gasteiger partial charge in [0.1, 0.15) is 6.29 Å². The maximum absolute atomic E-state index is 11.3. The van der Waals surface area contributed by atoms with Gasteiger partial charge in [0.2, 0.25) is 5.12 Å². The fourth-order valence-corrected chi connectivity index (χ4v) is 2.32. The molecular formula is C8H10O3S. The van der Waals surface area contributed by atoms with Gasteiger partial charge in [0, 0.05) is 5.92 Å². The van der Waals surface area contributed by atoms with Crippen LogP contribution >= 0.6 is 11.8 Å². The lowest BCUT2D eigenvalue weighted by Gasteiger charge is -2.07. The zero-order valence-electron chi connectivity index (χ0n) is 6.94. The molecule has 0 aliphatic carbocycles. The number of aldehydes is 1. The highest BCUT2D eigenvalue weighted by atomic mass is 32.2. The Balaban J connectivity index is 2.83. The number of rotatable bonds is 2. The molecule has 1 heterocycles. The van der Waals surface area contributed by atoms with Crippen LogP contribution in [0.15, 0.2) is 0 Å². The van der Waals surface area contributed by atoms with Gasteiger partial charge in [-0.2, -0.15) is 0 Å². The minimum Gasteiger partial charge on any atom is -0.303 e. The van der Waals surface area contributed by atoms with Crippen LogP contribution in [0, 0.1) is 11.8 Å². The van der Waals surface area contributed by atoms with Crippen LogP contribution in [0.25, 0.3) is 0 Å². The molecule has 0 aromatic carbocycles. The minimum atomic E-state index is -0.692. The van der Waals surface area contributed by atoms with Gasteiger partial charge < -0.3 is 4.79 Å². The number of thioether (sulfide) groups is 1. The molecule has 0 N–H and O–H groups in total. The molecule has 0 aromatic rings. The standard InChI is InChI=1S/C8H10O3S/c1-4(3-9)6-7(10)5(2)12-8(6)11/h3-6H,1-2H3. The maximum Gasteiger partial charge on any atom is 0.200 e. The van der Waals surface area contributed by atoms with Gasteiger partial charge in [0.25, 0.3) is 0 Å². The van der Waals surface area contributed by atoms with E-state index in [4.69, 9.17) is 0 Å². The van der Waals surface area contributed by atoms with Gasteiger partial charge in [-0.05, 0) is 6.92 Å². The second-order valence-electron chi connectivity index (χ2n) is 2.95. The number of hydrogen-bond donors (Lipinski definition) is 0. The van der Waals surface area contributed by atoms with Crippen molar-refractivity contribution in [3.63, 3.8) is 0 Å². The summed E-state index contributed by atoms with van der Waals surface area (Å²) in [4.78, 5) is 32.9. The Morgan fingerprint density at radius 3 is 2.42 bits per heavy atom. The van der Waals surface area contributed by atoms with E-state index in [1.165, 1.54) is 0 Å². The van der Waals surface area contributed by atoms with Crippen molar-refractivity contribution in [2.24, 2.45) is 11.8 Å². The highest BCUT2D eigenvalue weighted by Gasteiger charge is 2.42. The third kappa shape index (κ3) is 1.43. The Bertz CT molecular complexity index is 236. The average molecular weight is 186 g/mol. The quantitative estimate of drug-likeness (QED) is 0.470. The van der Waals surface area contributed by atoms with Gasteiger partial charge in [-0.25, -0.2) is 0 Å². The van der Waals surface area contributed by atoms with Gasteiger partial charge in [0.15, 0.2) is 5.78 Å². The first-order chi connectivity index (χ1) is 5.57.